The number of aromatic nitrogens is 1. The first-order chi connectivity index (χ1) is 19.7. The van der Waals surface area contributed by atoms with Crippen molar-refractivity contribution in [2.75, 3.05) is 39.8 Å². The third kappa shape index (κ3) is 6.39. The summed E-state index contributed by atoms with van der Waals surface area (Å²) in [5.41, 5.74) is 2.31. The van der Waals surface area contributed by atoms with Crippen molar-refractivity contribution in [2.24, 2.45) is 0 Å². The Kier molecular flexibility index (Phi) is 8.61. The molecule has 0 radical (unpaired) electrons. The maximum atomic E-state index is 13.9. The molecule has 1 atom stereocenters. The van der Waals surface area contributed by atoms with Gasteiger partial charge in [-0.05, 0) is 53.6 Å². The summed E-state index contributed by atoms with van der Waals surface area (Å²) in [6.45, 7) is 6.34. The number of rotatable bonds is 8. The lowest BCUT2D eigenvalue weighted by atomic mass is 9.87. The molecule has 1 saturated heterocycles. The minimum atomic E-state index is -4.61. The van der Waals surface area contributed by atoms with E-state index in [1.54, 1.807) is 13.2 Å². The fourth-order valence-corrected chi connectivity index (χ4v) is 5.84. The van der Waals surface area contributed by atoms with Gasteiger partial charge in [0.15, 0.2) is 0 Å². The third-order valence-corrected chi connectivity index (χ3v) is 8.29. The molecule has 2 heterocycles. The van der Waals surface area contributed by atoms with Crippen molar-refractivity contribution < 1.29 is 22.7 Å². The van der Waals surface area contributed by atoms with Gasteiger partial charge < -0.3 is 19.1 Å². The number of amides is 1. The van der Waals surface area contributed by atoms with Gasteiger partial charge in [0.1, 0.15) is 5.75 Å². The van der Waals surface area contributed by atoms with E-state index in [1.165, 1.54) is 6.07 Å². The van der Waals surface area contributed by atoms with Gasteiger partial charge in [-0.3, -0.25) is 4.79 Å². The molecular formula is C32H33ClF3N3O2. The number of halogens is 4. The zero-order valence-electron chi connectivity index (χ0n) is 23.1. The highest BCUT2D eigenvalue weighted by Gasteiger charge is 2.35. The molecule has 1 aliphatic rings. The van der Waals surface area contributed by atoms with Gasteiger partial charge in [-0.15, -0.1) is 0 Å². The molecule has 3 aromatic carbocycles. The average molecular weight is 584 g/mol. The van der Waals surface area contributed by atoms with Crippen LogP contribution in [0, 0.1) is 0 Å². The van der Waals surface area contributed by atoms with Gasteiger partial charge in [-0.2, -0.15) is 13.2 Å². The predicted octanol–water partition coefficient (Wildman–Crippen LogP) is 7.06. The lowest BCUT2D eigenvalue weighted by Gasteiger charge is -2.35. The number of ether oxygens (including phenoxy) is 1. The van der Waals surface area contributed by atoms with E-state index in [0.29, 0.717) is 25.2 Å². The highest BCUT2D eigenvalue weighted by Crippen LogP contribution is 2.40. The number of fused-ring (bicyclic) bond motifs is 1. The number of hydrogen-bond acceptors (Lipinski definition) is 3. The smallest absolute Gasteiger partial charge is 0.417 e. The SMILES string of the molecule is CCN1CCN(C(=O)C[C@@H](c2ccc(Cl)c(C(F)(F)F)c2)c2cn(Cc3ccc(OC)cc3)c3ccccc23)CC1. The topological polar surface area (TPSA) is 37.7 Å². The van der Waals surface area contributed by atoms with Crippen LogP contribution < -0.4 is 4.74 Å². The zero-order valence-corrected chi connectivity index (χ0v) is 23.9. The average Bonchev–Trinajstić information content (AvgIpc) is 3.34. The number of piperazine rings is 1. The highest BCUT2D eigenvalue weighted by molar-refractivity contribution is 6.31. The number of hydrogen-bond donors (Lipinski definition) is 0. The van der Waals surface area contributed by atoms with Crippen LogP contribution in [-0.4, -0.2) is 60.1 Å². The molecule has 5 rings (SSSR count). The molecule has 1 fully saturated rings. The van der Waals surface area contributed by atoms with Crippen LogP contribution in [0.1, 0.15) is 41.5 Å². The van der Waals surface area contributed by atoms with Gasteiger partial charge in [0.25, 0.3) is 0 Å². The summed E-state index contributed by atoms with van der Waals surface area (Å²) in [5, 5.41) is 0.544. The Morgan fingerprint density at radius 1 is 1.00 bits per heavy atom. The molecule has 216 valence electrons. The standard InChI is InChI=1S/C32H33ClF3N3O2/c1-3-37-14-16-38(17-15-37)31(40)19-26(23-10-13-29(33)28(18-23)32(34,35)36)27-21-39(30-7-5-4-6-25(27)30)20-22-8-11-24(41-2)12-9-22/h4-13,18,21,26H,3,14-17,19-20H2,1-2H3/t26-/m0/s1. The van der Waals surface area contributed by atoms with Crippen LogP contribution in [0.15, 0.2) is 72.9 Å². The molecule has 0 saturated carbocycles. The quantitative estimate of drug-likeness (QED) is 0.223. The largest absolute Gasteiger partial charge is 0.497 e. The molecule has 1 amide bonds. The molecule has 0 unspecified atom stereocenters. The minimum absolute atomic E-state index is 0.0571. The fourth-order valence-electron chi connectivity index (χ4n) is 5.61. The monoisotopic (exact) mass is 583 g/mol. The third-order valence-electron chi connectivity index (χ3n) is 7.96. The Hall–Kier alpha value is -3.49. The van der Waals surface area contributed by atoms with Crippen molar-refractivity contribution in [3.63, 3.8) is 0 Å². The second kappa shape index (κ2) is 12.2. The molecule has 9 heteroatoms. The van der Waals surface area contributed by atoms with Crippen molar-refractivity contribution in [3.05, 3.63) is 100 Å². The summed E-state index contributed by atoms with van der Waals surface area (Å²) in [6, 6.07) is 19.6. The van der Waals surface area contributed by atoms with E-state index in [-0.39, 0.29) is 17.4 Å². The number of carbonyl (C=O) groups excluding carboxylic acids is 1. The molecule has 0 bridgehead atoms. The van der Waals surface area contributed by atoms with Crippen LogP contribution in [0.25, 0.3) is 10.9 Å². The van der Waals surface area contributed by atoms with E-state index in [0.717, 1.165) is 53.5 Å². The Labute approximate surface area is 243 Å². The first-order valence-corrected chi connectivity index (χ1v) is 14.1. The number of likely N-dealkylation sites (N-methyl/N-ethyl adjacent to an activating group) is 1. The van der Waals surface area contributed by atoms with E-state index in [1.807, 2.05) is 59.6 Å². The molecular weight excluding hydrogens is 551 g/mol. The summed E-state index contributed by atoms with van der Waals surface area (Å²) in [4.78, 5) is 17.7. The molecule has 0 N–H and O–H groups in total. The van der Waals surface area contributed by atoms with Gasteiger partial charge in [0.05, 0.1) is 17.7 Å². The molecule has 4 aromatic rings. The van der Waals surface area contributed by atoms with Crippen LogP contribution in [0.5, 0.6) is 5.75 Å². The van der Waals surface area contributed by atoms with Crippen LogP contribution in [0.4, 0.5) is 13.2 Å². The Bertz CT molecular complexity index is 1510. The van der Waals surface area contributed by atoms with Crippen molar-refractivity contribution in [1.29, 1.82) is 0 Å². The van der Waals surface area contributed by atoms with Crippen LogP contribution in [-0.2, 0) is 17.5 Å². The first-order valence-electron chi connectivity index (χ1n) is 13.8. The number of para-hydroxylation sites is 1. The molecule has 0 spiro atoms. The summed E-state index contributed by atoms with van der Waals surface area (Å²) in [6.07, 6.45) is -2.58. The van der Waals surface area contributed by atoms with Gasteiger partial charge in [0.2, 0.25) is 5.91 Å². The van der Waals surface area contributed by atoms with Crippen LogP contribution in [0.3, 0.4) is 0 Å². The first kappa shape index (κ1) is 29.0. The second-order valence-electron chi connectivity index (χ2n) is 10.4. The Balaban J connectivity index is 1.56. The van der Waals surface area contributed by atoms with Crippen molar-refractivity contribution in [3.8, 4) is 5.75 Å². The van der Waals surface area contributed by atoms with Crippen molar-refractivity contribution in [1.82, 2.24) is 14.4 Å². The van der Waals surface area contributed by atoms with Crippen LogP contribution >= 0.6 is 11.6 Å². The molecule has 0 aliphatic carbocycles. The van der Waals surface area contributed by atoms with E-state index in [9.17, 15) is 18.0 Å². The molecule has 1 aliphatic heterocycles. The van der Waals surface area contributed by atoms with Crippen molar-refractivity contribution >= 4 is 28.4 Å². The van der Waals surface area contributed by atoms with Gasteiger partial charge in [-0.1, -0.05) is 54.9 Å². The Morgan fingerprint density at radius 3 is 2.37 bits per heavy atom. The Morgan fingerprint density at radius 2 is 1.71 bits per heavy atom. The minimum Gasteiger partial charge on any atom is -0.497 e. The zero-order chi connectivity index (χ0) is 29.1. The fraction of sp³-hybridized carbons (Fsp3) is 0.344. The number of alkyl halides is 3. The predicted molar refractivity (Wildman–Crippen MR) is 156 cm³/mol. The van der Waals surface area contributed by atoms with E-state index in [4.69, 9.17) is 16.3 Å². The van der Waals surface area contributed by atoms with Crippen LogP contribution in [0.2, 0.25) is 5.02 Å². The molecule has 41 heavy (non-hydrogen) atoms. The summed E-state index contributed by atoms with van der Waals surface area (Å²) in [7, 11) is 1.62. The second-order valence-corrected chi connectivity index (χ2v) is 10.8. The maximum Gasteiger partial charge on any atom is 0.417 e. The van der Waals surface area contributed by atoms with Gasteiger partial charge in [-0.25, -0.2) is 0 Å². The molecule has 5 nitrogen and oxygen atoms in total. The highest BCUT2D eigenvalue weighted by atomic mass is 35.5. The lowest BCUT2D eigenvalue weighted by molar-refractivity contribution is -0.137. The number of benzene rings is 3. The lowest BCUT2D eigenvalue weighted by Crippen LogP contribution is -2.48. The van der Waals surface area contributed by atoms with Gasteiger partial charge in [0, 0.05) is 62.2 Å². The normalized spacial score (nSPS) is 15.3. The van der Waals surface area contributed by atoms with E-state index in [2.05, 4.69) is 16.4 Å². The van der Waals surface area contributed by atoms with Gasteiger partial charge >= 0.3 is 6.18 Å². The number of methoxy groups -OCH3 is 1. The molecule has 1 aromatic heterocycles. The summed E-state index contributed by atoms with van der Waals surface area (Å²) >= 11 is 5.98. The summed E-state index contributed by atoms with van der Waals surface area (Å²) < 4.78 is 49.1. The van der Waals surface area contributed by atoms with Crippen molar-refractivity contribution in [2.45, 2.75) is 32.0 Å². The number of carbonyl (C=O) groups is 1. The summed E-state index contributed by atoms with van der Waals surface area (Å²) in [5.74, 6) is 0.0988. The van der Waals surface area contributed by atoms with E-state index >= 15 is 0 Å². The van der Waals surface area contributed by atoms with E-state index < -0.39 is 17.7 Å². The maximum absolute atomic E-state index is 13.9. The number of nitrogens with zero attached hydrogens (tertiary/aromatic N) is 3.